The van der Waals surface area contributed by atoms with Crippen molar-refractivity contribution in [1.29, 1.82) is 0 Å². The molecule has 0 radical (unpaired) electrons. The van der Waals surface area contributed by atoms with E-state index in [1.54, 1.807) is 0 Å². The summed E-state index contributed by atoms with van der Waals surface area (Å²) < 4.78 is 3.08. The minimum Gasteiger partial charge on any atom is -0.378 e. The van der Waals surface area contributed by atoms with Gasteiger partial charge >= 0.3 is 0 Å². The molecule has 0 unspecified atom stereocenters. The fourth-order valence-corrected chi connectivity index (χ4v) is 3.07. The zero-order valence-corrected chi connectivity index (χ0v) is 15.0. The number of benzene rings is 1. The Balaban J connectivity index is 2.05. The summed E-state index contributed by atoms with van der Waals surface area (Å²) in [6.45, 7) is 7.07. The molecule has 5 heteroatoms. The highest BCUT2D eigenvalue weighted by molar-refractivity contribution is 9.10. The van der Waals surface area contributed by atoms with Crippen LogP contribution in [0.4, 0.5) is 5.69 Å². The third-order valence-electron chi connectivity index (χ3n) is 3.69. The molecule has 0 fully saturated rings. The molecule has 2 rings (SSSR count). The minimum absolute atomic E-state index is 0.485. The second kappa shape index (κ2) is 7.32. The SMILES string of the molecule is CCC(CC)n1ccc(CNc2cc(Cl)c(C)cc2Br)n1. The van der Waals surface area contributed by atoms with Gasteiger partial charge in [-0.3, -0.25) is 4.68 Å². The van der Waals surface area contributed by atoms with Crippen LogP contribution in [0.5, 0.6) is 0 Å². The lowest BCUT2D eigenvalue weighted by molar-refractivity contribution is 0.426. The molecule has 0 aliphatic carbocycles. The molecule has 21 heavy (non-hydrogen) atoms. The first kappa shape index (κ1) is 16.4. The Bertz CT molecular complexity index is 606. The third-order valence-corrected chi connectivity index (χ3v) is 4.75. The van der Waals surface area contributed by atoms with E-state index in [4.69, 9.17) is 11.6 Å². The van der Waals surface area contributed by atoms with Gasteiger partial charge in [-0.15, -0.1) is 0 Å². The standard InChI is InChI=1S/C16H21BrClN3/c1-4-13(5-2)21-7-6-12(20-21)10-19-16-9-15(18)11(3)8-14(16)17/h6-9,13,19H,4-5,10H2,1-3H3. The van der Waals surface area contributed by atoms with E-state index in [9.17, 15) is 0 Å². The Morgan fingerprint density at radius 1 is 1.33 bits per heavy atom. The molecule has 3 nitrogen and oxygen atoms in total. The summed E-state index contributed by atoms with van der Waals surface area (Å²) in [7, 11) is 0. The van der Waals surface area contributed by atoms with Crippen molar-refractivity contribution in [2.75, 3.05) is 5.32 Å². The van der Waals surface area contributed by atoms with Crippen molar-refractivity contribution >= 4 is 33.2 Å². The van der Waals surface area contributed by atoms with Crippen molar-refractivity contribution in [1.82, 2.24) is 9.78 Å². The fourth-order valence-electron chi connectivity index (χ4n) is 2.31. The Hall–Kier alpha value is -1.000. The van der Waals surface area contributed by atoms with Crippen LogP contribution >= 0.6 is 27.5 Å². The lowest BCUT2D eigenvalue weighted by Gasteiger charge is -2.13. The Kier molecular flexibility index (Phi) is 5.71. The van der Waals surface area contributed by atoms with Gasteiger partial charge in [0.2, 0.25) is 0 Å². The number of hydrogen-bond donors (Lipinski definition) is 1. The average Bonchev–Trinajstić information content (AvgIpc) is 2.91. The van der Waals surface area contributed by atoms with Crippen LogP contribution in [0.25, 0.3) is 0 Å². The lowest BCUT2D eigenvalue weighted by atomic mass is 10.2. The topological polar surface area (TPSA) is 29.9 Å². The van der Waals surface area contributed by atoms with Gasteiger partial charge in [-0.2, -0.15) is 5.10 Å². The highest BCUT2D eigenvalue weighted by Crippen LogP contribution is 2.29. The van der Waals surface area contributed by atoms with E-state index in [0.717, 1.165) is 39.3 Å². The van der Waals surface area contributed by atoms with Gasteiger partial charge in [0.25, 0.3) is 0 Å². The van der Waals surface area contributed by atoms with E-state index in [0.29, 0.717) is 12.6 Å². The zero-order chi connectivity index (χ0) is 15.4. The van der Waals surface area contributed by atoms with Gasteiger partial charge < -0.3 is 5.32 Å². The predicted octanol–water partition coefficient (Wildman–Crippen LogP) is 5.58. The van der Waals surface area contributed by atoms with E-state index in [1.165, 1.54) is 0 Å². The number of hydrogen-bond acceptors (Lipinski definition) is 2. The maximum Gasteiger partial charge on any atom is 0.0815 e. The Labute approximate surface area is 139 Å². The van der Waals surface area contributed by atoms with Crippen molar-refractivity contribution in [3.05, 3.63) is 45.1 Å². The maximum atomic E-state index is 6.17. The highest BCUT2D eigenvalue weighted by Gasteiger charge is 2.09. The molecule has 0 aliphatic rings. The number of nitrogens with one attached hydrogen (secondary N) is 1. The van der Waals surface area contributed by atoms with Gasteiger partial charge in [0.1, 0.15) is 0 Å². The largest absolute Gasteiger partial charge is 0.378 e. The molecule has 1 aromatic carbocycles. The second-order valence-electron chi connectivity index (χ2n) is 5.19. The third kappa shape index (κ3) is 4.01. The first-order chi connectivity index (χ1) is 10.0. The van der Waals surface area contributed by atoms with Crippen LogP contribution in [0.2, 0.25) is 5.02 Å². The normalized spacial score (nSPS) is 11.1. The molecular formula is C16H21BrClN3. The summed E-state index contributed by atoms with van der Waals surface area (Å²) in [5.41, 5.74) is 3.08. The first-order valence-corrected chi connectivity index (χ1v) is 8.45. The molecule has 0 saturated carbocycles. The number of anilines is 1. The van der Waals surface area contributed by atoms with E-state index in [-0.39, 0.29) is 0 Å². The highest BCUT2D eigenvalue weighted by atomic mass is 79.9. The molecule has 0 aliphatic heterocycles. The monoisotopic (exact) mass is 369 g/mol. The maximum absolute atomic E-state index is 6.17. The first-order valence-electron chi connectivity index (χ1n) is 7.28. The molecule has 0 saturated heterocycles. The van der Waals surface area contributed by atoms with Crippen LogP contribution in [-0.4, -0.2) is 9.78 Å². The van der Waals surface area contributed by atoms with Crippen LogP contribution in [0.15, 0.2) is 28.9 Å². The molecule has 1 heterocycles. The van der Waals surface area contributed by atoms with Gasteiger partial charge in [0, 0.05) is 15.7 Å². The van der Waals surface area contributed by atoms with Gasteiger partial charge in [-0.05, 0) is 59.5 Å². The molecule has 0 atom stereocenters. The van der Waals surface area contributed by atoms with Crippen molar-refractivity contribution in [2.45, 2.75) is 46.2 Å². The number of rotatable bonds is 6. The van der Waals surface area contributed by atoms with E-state index < -0.39 is 0 Å². The minimum atomic E-state index is 0.485. The van der Waals surface area contributed by atoms with Crippen LogP contribution in [0.1, 0.15) is 44.0 Å². The average molecular weight is 371 g/mol. The molecule has 114 valence electrons. The van der Waals surface area contributed by atoms with E-state index >= 15 is 0 Å². The van der Waals surface area contributed by atoms with Crippen molar-refractivity contribution in [2.24, 2.45) is 0 Å². The fraction of sp³-hybridized carbons (Fsp3) is 0.438. The molecular weight excluding hydrogens is 350 g/mol. The van der Waals surface area contributed by atoms with Gasteiger partial charge in [0.05, 0.1) is 24.0 Å². The van der Waals surface area contributed by atoms with Crippen molar-refractivity contribution in [3.63, 3.8) is 0 Å². The van der Waals surface area contributed by atoms with Gasteiger partial charge in [-0.1, -0.05) is 25.4 Å². The van der Waals surface area contributed by atoms with E-state index in [1.807, 2.05) is 19.1 Å². The Morgan fingerprint density at radius 2 is 2.05 bits per heavy atom. The molecule has 0 spiro atoms. The van der Waals surface area contributed by atoms with Crippen LogP contribution in [0.3, 0.4) is 0 Å². The van der Waals surface area contributed by atoms with Gasteiger partial charge in [-0.25, -0.2) is 0 Å². The van der Waals surface area contributed by atoms with Gasteiger partial charge in [0.15, 0.2) is 0 Å². The zero-order valence-electron chi connectivity index (χ0n) is 12.7. The van der Waals surface area contributed by atoms with Crippen LogP contribution in [0, 0.1) is 6.92 Å². The number of halogens is 2. The number of aryl methyl sites for hydroxylation is 1. The summed E-state index contributed by atoms with van der Waals surface area (Å²) >= 11 is 9.73. The van der Waals surface area contributed by atoms with Crippen molar-refractivity contribution < 1.29 is 0 Å². The van der Waals surface area contributed by atoms with E-state index in [2.05, 4.69) is 57.1 Å². The number of nitrogens with zero attached hydrogens (tertiary/aromatic N) is 2. The summed E-state index contributed by atoms with van der Waals surface area (Å²) in [5.74, 6) is 0. The van der Waals surface area contributed by atoms with Crippen molar-refractivity contribution in [3.8, 4) is 0 Å². The van der Waals surface area contributed by atoms with Crippen LogP contribution < -0.4 is 5.32 Å². The summed E-state index contributed by atoms with van der Waals surface area (Å²) in [6, 6.07) is 6.51. The molecule has 1 N–H and O–H groups in total. The summed E-state index contributed by atoms with van der Waals surface area (Å²) in [6.07, 6.45) is 4.26. The molecule has 0 amide bonds. The smallest absolute Gasteiger partial charge is 0.0815 e. The summed E-state index contributed by atoms with van der Waals surface area (Å²) in [4.78, 5) is 0. The molecule has 0 bridgehead atoms. The summed E-state index contributed by atoms with van der Waals surface area (Å²) in [5, 5.41) is 8.79. The predicted molar refractivity (Wildman–Crippen MR) is 93.1 cm³/mol. The van der Waals surface area contributed by atoms with Crippen LogP contribution in [-0.2, 0) is 6.54 Å². The number of aromatic nitrogens is 2. The Morgan fingerprint density at radius 3 is 2.71 bits per heavy atom. The molecule has 2 aromatic rings. The lowest BCUT2D eigenvalue weighted by Crippen LogP contribution is -2.09. The molecule has 1 aromatic heterocycles. The quantitative estimate of drug-likeness (QED) is 0.719. The second-order valence-corrected chi connectivity index (χ2v) is 6.45.